The number of nitrogens with one attached hydrogen (secondary N) is 1. The Kier molecular flexibility index (Phi) is 5.84. The first-order valence-electron chi connectivity index (χ1n) is 10.2. The summed E-state index contributed by atoms with van der Waals surface area (Å²) < 4.78 is 29.9. The number of nitrogens with zero attached hydrogens (tertiary/aromatic N) is 1. The van der Waals surface area contributed by atoms with E-state index < -0.39 is 16.1 Å². The number of benzene rings is 3. The minimum Gasteiger partial charge on any atom is -0.357 e. The first-order valence-corrected chi connectivity index (χ1v) is 13.1. The summed E-state index contributed by atoms with van der Waals surface area (Å²) in [4.78, 5) is 3.79. The van der Waals surface area contributed by atoms with Gasteiger partial charge in [-0.1, -0.05) is 63.4 Å². The highest BCUT2D eigenvalue weighted by Crippen LogP contribution is 2.40. The number of sulfonamides is 1. The van der Waals surface area contributed by atoms with Gasteiger partial charge in [0.05, 0.1) is 10.9 Å². The molecule has 1 N–H and O–H groups in total. The predicted octanol–water partition coefficient (Wildman–Crippen LogP) is 6.77. The van der Waals surface area contributed by atoms with Gasteiger partial charge >= 0.3 is 0 Å². The SMILES string of the molecule is O=S(=O)(c1ccccc1)N1CCc2c([nH]c3ccc(Br)cc23)C1Cc1ccc(Cl)cc1Cl. The Morgan fingerprint density at radius 3 is 2.56 bits per heavy atom. The number of hydrogen-bond donors (Lipinski definition) is 1. The summed E-state index contributed by atoms with van der Waals surface area (Å²) in [5.74, 6) is 0. The number of halogens is 3. The van der Waals surface area contributed by atoms with Gasteiger partial charge in [0.2, 0.25) is 10.0 Å². The molecular formula is C24H19BrCl2N2O2S. The fourth-order valence-corrected chi connectivity index (χ4v) is 6.90. The topological polar surface area (TPSA) is 53.2 Å². The highest BCUT2D eigenvalue weighted by molar-refractivity contribution is 9.10. The molecule has 4 nitrogen and oxygen atoms in total. The van der Waals surface area contributed by atoms with Crippen LogP contribution in [-0.2, 0) is 22.9 Å². The van der Waals surface area contributed by atoms with Gasteiger partial charge in [-0.2, -0.15) is 4.31 Å². The lowest BCUT2D eigenvalue weighted by Gasteiger charge is -2.35. The summed E-state index contributed by atoms with van der Waals surface area (Å²) in [5, 5.41) is 2.19. The van der Waals surface area contributed by atoms with Crippen molar-refractivity contribution in [3.05, 3.63) is 98.1 Å². The van der Waals surface area contributed by atoms with Gasteiger partial charge < -0.3 is 4.98 Å². The lowest BCUT2D eigenvalue weighted by Crippen LogP contribution is -2.41. The van der Waals surface area contributed by atoms with Crippen LogP contribution in [0.4, 0.5) is 0 Å². The van der Waals surface area contributed by atoms with Crippen molar-refractivity contribution in [2.24, 2.45) is 0 Å². The van der Waals surface area contributed by atoms with Crippen molar-refractivity contribution in [2.45, 2.75) is 23.8 Å². The highest BCUT2D eigenvalue weighted by Gasteiger charge is 2.38. The smallest absolute Gasteiger partial charge is 0.243 e. The Labute approximate surface area is 205 Å². The first-order chi connectivity index (χ1) is 15.3. The number of aromatic nitrogens is 1. The Morgan fingerprint density at radius 1 is 1.03 bits per heavy atom. The molecule has 32 heavy (non-hydrogen) atoms. The molecule has 5 rings (SSSR count). The molecular weight excluding hydrogens is 531 g/mol. The lowest BCUT2D eigenvalue weighted by molar-refractivity contribution is 0.302. The second-order valence-corrected chi connectivity index (χ2v) is 11.5. The molecule has 0 amide bonds. The number of aromatic amines is 1. The van der Waals surface area contributed by atoms with E-state index in [1.807, 2.05) is 24.3 Å². The van der Waals surface area contributed by atoms with Crippen LogP contribution in [0.15, 0.2) is 76.1 Å². The van der Waals surface area contributed by atoms with Crippen LogP contribution in [0.3, 0.4) is 0 Å². The van der Waals surface area contributed by atoms with Gasteiger partial charge in [0, 0.05) is 37.7 Å². The van der Waals surface area contributed by atoms with Crippen molar-refractivity contribution in [3.8, 4) is 0 Å². The normalized spacial score (nSPS) is 16.9. The maximum absolute atomic E-state index is 13.7. The predicted molar refractivity (Wildman–Crippen MR) is 133 cm³/mol. The van der Waals surface area contributed by atoms with Crippen molar-refractivity contribution in [2.75, 3.05) is 6.54 Å². The molecule has 0 aliphatic carbocycles. The van der Waals surface area contributed by atoms with E-state index in [-0.39, 0.29) is 4.90 Å². The maximum Gasteiger partial charge on any atom is 0.243 e. The average Bonchev–Trinajstić information content (AvgIpc) is 3.14. The van der Waals surface area contributed by atoms with Crippen molar-refractivity contribution < 1.29 is 8.42 Å². The van der Waals surface area contributed by atoms with Gasteiger partial charge in [-0.15, -0.1) is 0 Å². The Morgan fingerprint density at radius 2 is 1.81 bits per heavy atom. The van der Waals surface area contributed by atoms with Gasteiger partial charge in [-0.3, -0.25) is 0 Å². The summed E-state index contributed by atoms with van der Waals surface area (Å²) in [5.41, 5.74) is 3.90. The summed E-state index contributed by atoms with van der Waals surface area (Å²) in [6.45, 7) is 0.388. The molecule has 1 unspecified atom stereocenters. The summed E-state index contributed by atoms with van der Waals surface area (Å²) in [6, 6.07) is 19.6. The minimum atomic E-state index is -3.71. The minimum absolute atomic E-state index is 0.287. The van der Waals surface area contributed by atoms with E-state index in [0.717, 1.165) is 32.2 Å². The Hall–Kier alpha value is -1.83. The van der Waals surface area contributed by atoms with Crippen LogP contribution in [0.2, 0.25) is 10.0 Å². The summed E-state index contributed by atoms with van der Waals surface area (Å²) >= 11 is 16.1. The molecule has 1 aliphatic rings. The second kappa shape index (κ2) is 8.50. The van der Waals surface area contributed by atoms with Crippen LogP contribution in [0.1, 0.15) is 22.9 Å². The largest absolute Gasteiger partial charge is 0.357 e. The Bertz CT molecular complexity index is 1420. The van der Waals surface area contributed by atoms with E-state index in [4.69, 9.17) is 23.2 Å². The van der Waals surface area contributed by atoms with E-state index in [2.05, 4.69) is 27.0 Å². The van der Waals surface area contributed by atoms with Gasteiger partial charge in [-0.05, 0) is 66.4 Å². The van der Waals surface area contributed by atoms with E-state index in [1.165, 1.54) is 0 Å². The zero-order chi connectivity index (χ0) is 22.5. The van der Waals surface area contributed by atoms with Gasteiger partial charge in [0.15, 0.2) is 0 Å². The van der Waals surface area contributed by atoms with Crippen molar-refractivity contribution in [3.63, 3.8) is 0 Å². The number of H-pyrrole nitrogens is 1. The molecule has 1 atom stereocenters. The lowest BCUT2D eigenvalue weighted by atomic mass is 9.94. The quantitative estimate of drug-likeness (QED) is 0.305. The van der Waals surface area contributed by atoms with Gasteiger partial charge in [-0.25, -0.2) is 8.42 Å². The van der Waals surface area contributed by atoms with Gasteiger partial charge in [0.1, 0.15) is 0 Å². The third kappa shape index (κ3) is 3.88. The van der Waals surface area contributed by atoms with Crippen LogP contribution in [0.5, 0.6) is 0 Å². The van der Waals surface area contributed by atoms with Crippen molar-refractivity contribution in [1.29, 1.82) is 0 Å². The maximum atomic E-state index is 13.7. The molecule has 1 aromatic heterocycles. The standard InChI is InChI=1S/C24H19BrCl2N2O2S/c25-16-7-9-22-20(13-16)19-10-11-29(32(30,31)18-4-2-1-3-5-18)23(24(19)28-22)12-15-6-8-17(26)14-21(15)27/h1-9,13-14,23,28H,10-12H2. The highest BCUT2D eigenvalue weighted by atomic mass is 79.9. The van der Waals surface area contributed by atoms with Crippen LogP contribution in [-0.4, -0.2) is 24.3 Å². The molecule has 3 aromatic carbocycles. The molecule has 0 radical (unpaired) electrons. The van der Waals surface area contributed by atoms with Crippen LogP contribution < -0.4 is 0 Å². The molecule has 164 valence electrons. The molecule has 8 heteroatoms. The third-order valence-corrected chi connectivity index (χ3v) is 8.94. The monoisotopic (exact) mass is 548 g/mol. The van der Waals surface area contributed by atoms with E-state index in [0.29, 0.717) is 29.4 Å². The van der Waals surface area contributed by atoms with Crippen LogP contribution in [0, 0.1) is 0 Å². The molecule has 0 fully saturated rings. The van der Waals surface area contributed by atoms with Crippen molar-refractivity contribution in [1.82, 2.24) is 9.29 Å². The second-order valence-electron chi connectivity index (χ2n) is 7.84. The van der Waals surface area contributed by atoms with Crippen LogP contribution in [0.25, 0.3) is 10.9 Å². The average molecular weight is 550 g/mol. The fourth-order valence-electron chi connectivity index (χ4n) is 4.43. The molecule has 4 aromatic rings. The Balaban J connectivity index is 1.66. The van der Waals surface area contributed by atoms with E-state index in [1.54, 1.807) is 40.7 Å². The molecule has 0 saturated carbocycles. The molecule has 2 heterocycles. The summed E-state index contributed by atoms with van der Waals surface area (Å²) in [7, 11) is -3.71. The third-order valence-electron chi connectivity index (χ3n) is 5.94. The van der Waals surface area contributed by atoms with Crippen molar-refractivity contribution >= 4 is 60.1 Å². The molecule has 0 saturated heterocycles. The fraction of sp³-hybridized carbons (Fsp3) is 0.167. The number of fused-ring (bicyclic) bond motifs is 3. The summed E-state index contributed by atoms with van der Waals surface area (Å²) in [6.07, 6.45) is 1.06. The number of rotatable bonds is 4. The van der Waals surface area contributed by atoms with Gasteiger partial charge in [0.25, 0.3) is 0 Å². The zero-order valence-electron chi connectivity index (χ0n) is 16.9. The molecule has 0 bridgehead atoms. The molecule has 0 spiro atoms. The molecule has 1 aliphatic heterocycles. The van der Waals surface area contributed by atoms with E-state index >= 15 is 0 Å². The van der Waals surface area contributed by atoms with E-state index in [9.17, 15) is 8.42 Å². The number of hydrogen-bond acceptors (Lipinski definition) is 2. The zero-order valence-corrected chi connectivity index (χ0v) is 20.8. The first kappa shape index (κ1) is 22.0. The van der Waals surface area contributed by atoms with Crippen LogP contribution >= 0.6 is 39.1 Å².